The van der Waals surface area contributed by atoms with Crippen molar-refractivity contribution in [3.8, 4) is 17.7 Å². The summed E-state index contributed by atoms with van der Waals surface area (Å²) < 4.78 is 52.4. The maximum atomic E-state index is 14.5. The Morgan fingerprint density at radius 2 is 1.90 bits per heavy atom. The van der Waals surface area contributed by atoms with Crippen LogP contribution in [0.15, 0.2) is 58.4 Å². The van der Waals surface area contributed by atoms with Crippen LogP contribution in [-0.4, -0.2) is 118 Å². The summed E-state index contributed by atoms with van der Waals surface area (Å²) in [5.74, 6) is 0.798. The van der Waals surface area contributed by atoms with E-state index >= 15 is 0 Å². The van der Waals surface area contributed by atoms with Gasteiger partial charge in [-0.2, -0.15) is 9.57 Å². The van der Waals surface area contributed by atoms with Crippen molar-refractivity contribution in [3.05, 3.63) is 54.1 Å². The third kappa shape index (κ3) is 8.59. The number of carbonyl (C=O) groups is 1. The molecular formula is C34H45N6O9S-. The molecule has 50 heavy (non-hydrogen) atoms. The van der Waals surface area contributed by atoms with Crippen LogP contribution in [0.4, 0.5) is 4.79 Å². The second kappa shape index (κ2) is 15.8. The van der Waals surface area contributed by atoms with Gasteiger partial charge in [-0.25, -0.2) is 8.42 Å². The maximum absolute atomic E-state index is 14.5. The van der Waals surface area contributed by atoms with Crippen LogP contribution in [0.3, 0.4) is 0 Å². The van der Waals surface area contributed by atoms with E-state index in [1.165, 1.54) is 22.5 Å². The Balaban J connectivity index is 1.48. The van der Waals surface area contributed by atoms with Gasteiger partial charge in [0.15, 0.2) is 24.0 Å². The second-order valence-electron chi connectivity index (χ2n) is 13.7. The fourth-order valence-electron chi connectivity index (χ4n) is 6.65. The maximum Gasteiger partial charge on any atom is 0.243 e. The van der Waals surface area contributed by atoms with Gasteiger partial charge in [0.2, 0.25) is 22.8 Å². The van der Waals surface area contributed by atoms with E-state index in [9.17, 15) is 23.4 Å². The molecule has 0 bridgehead atoms. The van der Waals surface area contributed by atoms with Gasteiger partial charge in [0, 0.05) is 45.7 Å². The van der Waals surface area contributed by atoms with Crippen molar-refractivity contribution < 1.29 is 42.4 Å². The molecule has 2 saturated heterocycles. The van der Waals surface area contributed by atoms with Crippen molar-refractivity contribution in [1.82, 2.24) is 19.4 Å². The van der Waals surface area contributed by atoms with Crippen LogP contribution >= 0.6 is 0 Å². The van der Waals surface area contributed by atoms with E-state index in [0.717, 1.165) is 10.5 Å². The van der Waals surface area contributed by atoms with Gasteiger partial charge in [0.1, 0.15) is 6.09 Å². The van der Waals surface area contributed by atoms with Gasteiger partial charge in [0.05, 0.1) is 36.3 Å². The van der Waals surface area contributed by atoms with Crippen LogP contribution in [-0.2, 0) is 25.9 Å². The molecule has 2 N–H and O–H groups in total. The molecule has 3 heterocycles. The molecule has 1 amide bonds. The van der Waals surface area contributed by atoms with Crippen LogP contribution in [0.2, 0.25) is 0 Å². The molecule has 0 unspecified atom stereocenters. The van der Waals surface area contributed by atoms with E-state index in [1.54, 1.807) is 19.0 Å². The highest BCUT2D eigenvalue weighted by molar-refractivity contribution is 7.89. The number of aliphatic hydroxyl groups excluding tert-OH is 1. The molecule has 0 aromatic heterocycles. The fourth-order valence-corrected chi connectivity index (χ4v) is 8.31. The van der Waals surface area contributed by atoms with Crippen LogP contribution in [0.25, 0.3) is 0 Å². The minimum absolute atomic E-state index is 0.0393. The van der Waals surface area contributed by atoms with Crippen molar-refractivity contribution in [2.24, 2.45) is 16.3 Å². The molecule has 272 valence electrons. The molecule has 2 fully saturated rings. The SMILES string of the molecule is CN(C)C(=NCCC(C)(C)CN(C[C@@H](O)[C@H](Cc1ccccc1)N(C(=O)[O-])[C@H]1CO[C@H]2OCC[C@H]21)S(=O)(=O)c1ccc2c(c1)OCO2)NC#N. The van der Waals surface area contributed by atoms with Crippen molar-refractivity contribution in [2.45, 2.75) is 62.5 Å². The zero-order valence-electron chi connectivity index (χ0n) is 28.7. The summed E-state index contributed by atoms with van der Waals surface area (Å²) in [4.78, 5) is 20.1. The topological polar surface area (TPSA) is 189 Å². The van der Waals surface area contributed by atoms with Gasteiger partial charge in [0.25, 0.3) is 0 Å². The number of hydrogen-bond acceptors (Lipinski definition) is 11. The number of fused-ring (bicyclic) bond motifs is 2. The quantitative estimate of drug-likeness (QED) is 0.123. The number of aliphatic imine (C=N–C) groups is 1. The summed E-state index contributed by atoms with van der Waals surface area (Å²) in [7, 11) is -0.798. The summed E-state index contributed by atoms with van der Waals surface area (Å²) in [6.45, 7) is 4.00. The van der Waals surface area contributed by atoms with Gasteiger partial charge in [-0.1, -0.05) is 44.2 Å². The van der Waals surface area contributed by atoms with Gasteiger partial charge in [-0.3, -0.25) is 10.3 Å². The highest BCUT2D eigenvalue weighted by Gasteiger charge is 2.47. The highest BCUT2D eigenvalue weighted by atomic mass is 32.2. The molecule has 15 nitrogen and oxygen atoms in total. The summed E-state index contributed by atoms with van der Waals surface area (Å²) in [5.41, 5.74) is 0.0693. The lowest BCUT2D eigenvalue weighted by molar-refractivity contribution is -0.273. The molecule has 0 saturated carbocycles. The number of aliphatic hydroxyl groups is 1. The number of guanidine groups is 1. The molecule has 2 aromatic rings. The second-order valence-corrected chi connectivity index (χ2v) is 15.6. The minimum Gasteiger partial charge on any atom is -0.530 e. The molecular weight excluding hydrogens is 668 g/mol. The van der Waals surface area contributed by atoms with Gasteiger partial charge in [-0.05, 0) is 42.4 Å². The smallest absolute Gasteiger partial charge is 0.243 e. The third-order valence-corrected chi connectivity index (χ3v) is 11.1. The zero-order valence-corrected chi connectivity index (χ0v) is 29.5. The number of nitrogens with zero attached hydrogens (tertiary/aromatic N) is 5. The number of benzene rings is 2. The summed E-state index contributed by atoms with van der Waals surface area (Å²) >= 11 is 0. The van der Waals surface area contributed by atoms with E-state index in [4.69, 9.17) is 24.2 Å². The molecule has 3 aliphatic rings. The summed E-state index contributed by atoms with van der Waals surface area (Å²) in [6.07, 6.45) is -0.570. The van der Waals surface area contributed by atoms with Crippen LogP contribution < -0.4 is 19.9 Å². The van der Waals surface area contributed by atoms with Crippen LogP contribution in [0.1, 0.15) is 32.3 Å². The Kier molecular flexibility index (Phi) is 11.7. The predicted molar refractivity (Wildman–Crippen MR) is 179 cm³/mol. The number of hydrogen-bond donors (Lipinski definition) is 2. The first-order valence-electron chi connectivity index (χ1n) is 16.5. The molecule has 2 aromatic carbocycles. The van der Waals surface area contributed by atoms with Gasteiger partial charge in [-0.15, -0.1) is 0 Å². The van der Waals surface area contributed by atoms with Crippen LogP contribution in [0, 0.1) is 22.8 Å². The average molecular weight is 714 g/mol. The largest absolute Gasteiger partial charge is 0.530 e. The number of sulfonamides is 1. The Morgan fingerprint density at radius 3 is 2.60 bits per heavy atom. The number of nitrogens with one attached hydrogen (secondary N) is 1. The Bertz CT molecular complexity index is 1670. The number of nitriles is 1. The number of rotatable bonds is 14. The van der Waals surface area contributed by atoms with E-state index in [1.807, 2.05) is 50.4 Å². The molecule has 5 atom stereocenters. The lowest BCUT2D eigenvalue weighted by Crippen LogP contribution is -2.61. The Hall–Kier alpha value is -4.14. The van der Waals surface area contributed by atoms with Crippen LogP contribution in [0.5, 0.6) is 11.5 Å². The predicted octanol–water partition coefficient (Wildman–Crippen LogP) is 1.19. The molecule has 5 rings (SSSR count). The van der Waals surface area contributed by atoms with Gasteiger partial charge >= 0.3 is 0 Å². The molecule has 16 heteroatoms. The molecule has 0 spiro atoms. The number of amides is 1. The van der Waals surface area contributed by atoms with Crippen molar-refractivity contribution >= 4 is 22.1 Å². The number of carboxylic acid groups (broad SMARTS) is 1. The Labute approximate surface area is 293 Å². The first-order valence-corrected chi connectivity index (χ1v) is 18.0. The zero-order chi connectivity index (χ0) is 36.1. The highest BCUT2D eigenvalue weighted by Crippen LogP contribution is 2.38. The molecule has 3 aliphatic heterocycles. The number of ether oxygens (including phenoxy) is 4. The standard InChI is InChI=1S/C34H46N6O9S/c1-34(2,13-14-36-32(37-21-35)38(3)4)20-39(50(44,45)24-10-11-29-30(17-24)49-22-48-29)18-28(41)26(16-23-8-6-5-7-9-23)40(33(42)43)27-19-47-31-25(27)12-15-46-31/h5-11,17,25-28,31,41H,12-16,18-20,22H2,1-4H3,(H,36,37)(H,42,43)/p-1/t25-,26-,27-,28+,31+/m0/s1. The fraction of sp³-hybridized carbons (Fsp3) is 0.559. The van der Waals surface area contributed by atoms with E-state index in [2.05, 4.69) is 10.3 Å². The third-order valence-electron chi connectivity index (χ3n) is 9.28. The monoisotopic (exact) mass is 713 g/mol. The van der Waals surface area contributed by atoms with E-state index < -0.39 is 52.6 Å². The lowest BCUT2D eigenvalue weighted by Gasteiger charge is -2.43. The van der Waals surface area contributed by atoms with Crippen molar-refractivity contribution in [2.75, 3.05) is 53.7 Å². The molecule has 0 radical (unpaired) electrons. The normalized spacial score (nSPS) is 21.4. The van der Waals surface area contributed by atoms with E-state index in [-0.39, 0.29) is 49.5 Å². The average Bonchev–Trinajstić information content (AvgIpc) is 3.82. The molecule has 0 aliphatic carbocycles. The lowest BCUT2D eigenvalue weighted by atomic mass is 9.89. The minimum atomic E-state index is -4.29. The number of carbonyl (C=O) groups excluding carboxylic acids is 1. The van der Waals surface area contributed by atoms with Crippen molar-refractivity contribution in [1.29, 1.82) is 5.26 Å². The van der Waals surface area contributed by atoms with Gasteiger partial charge < -0.3 is 43.8 Å². The summed E-state index contributed by atoms with van der Waals surface area (Å²) in [6, 6.07) is 11.7. The first-order chi connectivity index (χ1) is 23.8. The van der Waals surface area contributed by atoms with Crippen molar-refractivity contribution in [3.63, 3.8) is 0 Å². The van der Waals surface area contributed by atoms with E-state index in [0.29, 0.717) is 31.2 Å². The summed E-state index contributed by atoms with van der Waals surface area (Å²) in [5, 5.41) is 36.6. The Morgan fingerprint density at radius 1 is 1.16 bits per heavy atom. The first kappa shape index (κ1) is 37.1.